The summed E-state index contributed by atoms with van der Waals surface area (Å²) >= 11 is 1.49. The van der Waals surface area contributed by atoms with Crippen molar-refractivity contribution in [3.8, 4) is 5.69 Å². The number of hydrogen-bond donors (Lipinski definition) is 0. The first kappa shape index (κ1) is 20.7. The number of thioether (sulfide) groups is 1. The van der Waals surface area contributed by atoms with Gasteiger partial charge in [-0.25, -0.2) is 0 Å². The second kappa shape index (κ2) is 9.47. The van der Waals surface area contributed by atoms with Crippen LogP contribution in [0.5, 0.6) is 0 Å². The molecule has 156 valence electrons. The van der Waals surface area contributed by atoms with Crippen LogP contribution in [-0.4, -0.2) is 43.9 Å². The van der Waals surface area contributed by atoms with Crippen molar-refractivity contribution >= 4 is 17.7 Å². The zero-order valence-corrected chi connectivity index (χ0v) is 18.4. The SMILES string of the molecule is Cc1nnc(S[C@H](C)C(=O)N2CCC(Cc3ccccc3)CC2)n1-c1ccccc1. The predicted molar refractivity (Wildman–Crippen MR) is 121 cm³/mol. The van der Waals surface area contributed by atoms with E-state index in [-0.39, 0.29) is 11.2 Å². The fraction of sp³-hybridized carbons (Fsp3) is 0.375. The van der Waals surface area contributed by atoms with Crippen molar-refractivity contribution in [2.45, 2.75) is 43.5 Å². The predicted octanol–water partition coefficient (Wildman–Crippen LogP) is 4.54. The van der Waals surface area contributed by atoms with E-state index in [4.69, 9.17) is 0 Å². The highest BCUT2D eigenvalue weighted by molar-refractivity contribution is 8.00. The molecule has 1 aliphatic rings. The molecule has 2 heterocycles. The molecule has 5 nitrogen and oxygen atoms in total. The van der Waals surface area contributed by atoms with Crippen molar-refractivity contribution in [2.75, 3.05) is 13.1 Å². The fourth-order valence-electron chi connectivity index (χ4n) is 4.06. The summed E-state index contributed by atoms with van der Waals surface area (Å²) in [5.74, 6) is 1.67. The highest BCUT2D eigenvalue weighted by Gasteiger charge is 2.28. The van der Waals surface area contributed by atoms with Gasteiger partial charge in [-0.05, 0) is 56.7 Å². The summed E-state index contributed by atoms with van der Waals surface area (Å²) < 4.78 is 2.01. The van der Waals surface area contributed by atoms with Crippen molar-refractivity contribution in [3.05, 3.63) is 72.1 Å². The fourth-order valence-corrected chi connectivity index (χ4v) is 5.06. The van der Waals surface area contributed by atoms with Crippen molar-refractivity contribution in [1.29, 1.82) is 0 Å². The van der Waals surface area contributed by atoms with Crippen LogP contribution in [0.2, 0.25) is 0 Å². The second-order valence-electron chi connectivity index (χ2n) is 7.92. The van der Waals surface area contributed by atoms with Gasteiger partial charge in [0.05, 0.1) is 5.25 Å². The average molecular weight is 421 g/mol. The molecule has 0 unspecified atom stereocenters. The molecule has 0 bridgehead atoms. The minimum atomic E-state index is -0.193. The summed E-state index contributed by atoms with van der Waals surface area (Å²) in [6, 6.07) is 20.7. The summed E-state index contributed by atoms with van der Waals surface area (Å²) in [7, 11) is 0. The Kier molecular flexibility index (Phi) is 6.53. The molecular weight excluding hydrogens is 392 g/mol. The van der Waals surface area contributed by atoms with Gasteiger partial charge >= 0.3 is 0 Å². The molecule has 1 fully saturated rings. The zero-order valence-electron chi connectivity index (χ0n) is 17.6. The van der Waals surface area contributed by atoms with Gasteiger partial charge in [-0.15, -0.1) is 10.2 Å². The van der Waals surface area contributed by atoms with E-state index in [0.717, 1.165) is 49.0 Å². The smallest absolute Gasteiger partial charge is 0.235 e. The molecular formula is C24H28N4OS. The molecule has 1 aliphatic heterocycles. The maximum absolute atomic E-state index is 13.1. The maximum atomic E-state index is 13.1. The molecule has 0 aliphatic carbocycles. The number of hydrogen-bond acceptors (Lipinski definition) is 4. The number of carbonyl (C=O) groups is 1. The molecule has 4 rings (SSSR count). The molecule has 6 heteroatoms. The molecule has 3 aromatic rings. The van der Waals surface area contributed by atoms with E-state index < -0.39 is 0 Å². The molecule has 1 amide bonds. The molecule has 0 radical (unpaired) electrons. The van der Waals surface area contributed by atoms with Crippen molar-refractivity contribution < 1.29 is 4.79 Å². The third kappa shape index (κ3) is 4.75. The minimum Gasteiger partial charge on any atom is -0.342 e. The number of aryl methyl sites for hydroxylation is 1. The van der Waals surface area contributed by atoms with Gasteiger partial charge in [-0.1, -0.05) is 60.3 Å². The Morgan fingerprint density at radius 2 is 1.67 bits per heavy atom. The first-order valence-electron chi connectivity index (χ1n) is 10.6. The second-order valence-corrected chi connectivity index (χ2v) is 9.23. The third-order valence-corrected chi connectivity index (χ3v) is 6.76. The topological polar surface area (TPSA) is 51.0 Å². The summed E-state index contributed by atoms with van der Waals surface area (Å²) in [6.07, 6.45) is 3.24. The van der Waals surface area contributed by atoms with Crippen LogP contribution in [0.1, 0.15) is 31.2 Å². The first-order chi connectivity index (χ1) is 14.6. The molecule has 2 aromatic carbocycles. The van der Waals surface area contributed by atoms with E-state index in [1.807, 2.05) is 53.6 Å². The number of piperidine rings is 1. The summed E-state index contributed by atoms with van der Waals surface area (Å²) in [6.45, 7) is 5.59. The molecule has 1 atom stereocenters. The lowest BCUT2D eigenvalue weighted by Gasteiger charge is -2.33. The normalized spacial score (nSPS) is 15.9. The standard InChI is InChI=1S/C24H28N4OS/c1-18(30-24-26-25-19(2)28(24)22-11-7-4-8-12-22)23(29)27-15-13-21(14-16-27)17-20-9-5-3-6-10-20/h3-12,18,21H,13-17H2,1-2H3/t18-/m1/s1. The summed E-state index contributed by atoms with van der Waals surface area (Å²) in [4.78, 5) is 15.1. The maximum Gasteiger partial charge on any atom is 0.235 e. The molecule has 1 aromatic heterocycles. The van der Waals surface area contributed by atoms with Crippen LogP contribution >= 0.6 is 11.8 Å². The van der Waals surface area contributed by atoms with Crippen LogP contribution in [-0.2, 0) is 11.2 Å². The monoisotopic (exact) mass is 420 g/mol. The first-order valence-corrected chi connectivity index (χ1v) is 11.5. The minimum absolute atomic E-state index is 0.193. The third-order valence-electron chi connectivity index (χ3n) is 5.73. The number of rotatable bonds is 6. The van der Waals surface area contributed by atoms with Crippen LogP contribution in [0.4, 0.5) is 0 Å². The molecule has 0 N–H and O–H groups in total. The molecule has 30 heavy (non-hydrogen) atoms. The number of aromatic nitrogens is 3. The number of benzene rings is 2. The van der Waals surface area contributed by atoms with Gasteiger partial charge in [0, 0.05) is 18.8 Å². The Morgan fingerprint density at radius 3 is 2.33 bits per heavy atom. The van der Waals surface area contributed by atoms with E-state index in [9.17, 15) is 4.79 Å². The van der Waals surface area contributed by atoms with Crippen molar-refractivity contribution in [3.63, 3.8) is 0 Å². The Balaban J connectivity index is 1.35. The van der Waals surface area contributed by atoms with E-state index in [1.54, 1.807) is 0 Å². The number of likely N-dealkylation sites (tertiary alicyclic amines) is 1. The van der Waals surface area contributed by atoms with Gasteiger partial charge in [0.2, 0.25) is 5.91 Å². The van der Waals surface area contributed by atoms with Gasteiger partial charge in [0.1, 0.15) is 5.82 Å². The molecule has 0 spiro atoms. The van der Waals surface area contributed by atoms with Crippen LogP contribution in [0, 0.1) is 12.8 Å². The largest absolute Gasteiger partial charge is 0.342 e. The average Bonchev–Trinajstić information content (AvgIpc) is 3.15. The zero-order chi connectivity index (χ0) is 20.9. The quantitative estimate of drug-likeness (QED) is 0.550. The molecule has 0 saturated carbocycles. The Hall–Kier alpha value is -2.60. The van der Waals surface area contributed by atoms with Gasteiger partial charge in [-0.2, -0.15) is 0 Å². The van der Waals surface area contributed by atoms with E-state index in [0.29, 0.717) is 5.92 Å². The Morgan fingerprint density at radius 1 is 1.03 bits per heavy atom. The van der Waals surface area contributed by atoms with Crippen LogP contribution in [0.25, 0.3) is 5.69 Å². The number of para-hydroxylation sites is 1. The number of carbonyl (C=O) groups excluding carboxylic acids is 1. The highest BCUT2D eigenvalue weighted by Crippen LogP contribution is 2.28. The van der Waals surface area contributed by atoms with Crippen LogP contribution < -0.4 is 0 Å². The van der Waals surface area contributed by atoms with Crippen LogP contribution in [0.3, 0.4) is 0 Å². The van der Waals surface area contributed by atoms with Gasteiger partial charge in [-0.3, -0.25) is 9.36 Å². The lowest BCUT2D eigenvalue weighted by molar-refractivity contribution is -0.131. The lowest BCUT2D eigenvalue weighted by Crippen LogP contribution is -2.42. The van der Waals surface area contributed by atoms with E-state index >= 15 is 0 Å². The molecule has 1 saturated heterocycles. The number of amides is 1. The van der Waals surface area contributed by atoms with E-state index in [1.165, 1.54) is 17.3 Å². The summed E-state index contributed by atoms with van der Waals surface area (Å²) in [5, 5.41) is 9.13. The van der Waals surface area contributed by atoms with Gasteiger partial charge in [0.25, 0.3) is 0 Å². The van der Waals surface area contributed by atoms with Gasteiger partial charge in [0.15, 0.2) is 5.16 Å². The lowest BCUT2D eigenvalue weighted by atomic mass is 9.90. The van der Waals surface area contributed by atoms with E-state index in [2.05, 4.69) is 40.5 Å². The van der Waals surface area contributed by atoms with Crippen LogP contribution in [0.15, 0.2) is 65.8 Å². The highest BCUT2D eigenvalue weighted by atomic mass is 32.2. The van der Waals surface area contributed by atoms with Gasteiger partial charge < -0.3 is 4.90 Å². The Labute approximate surface area is 182 Å². The summed E-state index contributed by atoms with van der Waals surface area (Å²) in [5.41, 5.74) is 2.41. The number of nitrogens with zero attached hydrogens (tertiary/aromatic N) is 4. The van der Waals surface area contributed by atoms with Crippen molar-refractivity contribution in [2.24, 2.45) is 5.92 Å². The van der Waals surface area contributed by atoms with Crippen molar-refractivity contribution in [1.82, 2.24) is 19.7 Å². The Bertz CT molecular complexity index is 965.